The van der Waals surface area contributed by atoms with E-state index >= 15 is 0 Å². The Morgan fingerprint density at radius 1 is 0.771 bits per heavy atom. The van der Waals surface area contributed by atoms with Crippen LogP contribution in [0.25, 0.3) is 0 Å². The summed E-state index contributed by atoms with van der Waals surface area (Å²) in [6.07, 6.45) is -3.01. The van der Waals surface area contributed by atoms with Crippen LogP contribution >= 0.6 is 0 Å². The molecule has 0 N–H and O–H groups in total. The maximum absolute atomic E-state index is 13.4. The van der Waals surface area contributed by atoms with E-state index in [1.807, 2.05) is 24.3 Å². The first-order valence-corrected chi connectivity index (χ1v) is 11.9. The molecule has 0 unspecified atom stereocenters. The van der Waals surface area contributed by atoms with Crippen molar-refractivity contribution in [3.05, 3.63) is 137 Å². The van der Waals surface area contributed by atoms with Gasteiger partial charge in [-0.1, -0.05) is 104 Å². The van der Waals surface area contributed by atoms with E-state index in [0.717, 1.165) is 24.7 Å². The number of alkyl halides is 3. The van der Waals surface area contributed by atoms with Gasteiger partial charge in [-0.25, -0.2) is 0 Å². The van der Waals surface area contributed by atoms with E-state index < -0.39 is 11.7 Å². The topological polar surface area (TPSA) is 3.24 Å². The van der Waals surface area contributed by atoms with Crippen molar-refractivity contribution in [1.29, 1.82) is 0 Å². The van der Waals surface area contributed by atoms with Crippen molar-refractivity contribution in [3.8, 4) is 0 Å². The number of fused-ring (bicyclic) bond motifs is 1. The maximum Gasteiger partial charge on any atom is 0.416 e. The monoisotopic (exact) mass is 471 g/mol. The SMILES string of the molecule is C[C@@]1(Cc2cccc(C(F)(F)F)c2)C[C@@H](c2ccccc2)N(Cc2ccccc2)c2ccccc21. The third-order valence-electron chi connectivity index (χ3n) is 7.11. The minimum atomic E-state index is -4.35. The van der Waals surface area contributed by atoms with Crippen LogP contribution < -0.4 is 4.90 Å². The van der Waals surface area contributed by atoms with Gasteiger partial charge in [0.1, 0.15) is 0 Å². The van der Waals surface area contributed by atoms with E-state index in [1.165, 1.54) is 28.8 Å². The first kappa shape index (κ1) is 23.2. The summed E-state index contributed by atoms with van der Waals surface area (Å²) < 4.78 is 40.2. The second-order valence-corrected chi connectivity index (χ2v) is 9.70. The Labute approximate surface area is 204 Å². The third kappa shape index (κ3) is 4.84. The second kappa shape index (κ2) is 9.26. The van der Waals surface area contributed by atoms with Crippen LogP contribution in [0.1, 0.15) is 47.2 Å². The summed E-state index contributed by atoms with van der Waals surface area (Å²) in [7, 11) is 0. The molecule has 1 heterocycles. The molecule has 4 heteroatoms. The van der Waals surface area contributed by atoms with Gasteiger partial charge in [0.15, 0.2) is 0 Å². The van der Waals surface area contributed by atoms with Gasteiger partial charge < -0.3 is 4.90 Å². The van der Waals surface area contributed by atoms with Crippen LogP contribution in [0, 0.1) is 0 Å². The number of nitrogens with zero attached hydrogens (tertiary/aromatic N) is 1. The van der Waals surface area contributed by atoms with Gasteiger partial charge in [-0.3, -0.25) is 0 Å². The molecule has 1 aliphatic rings. The van der Waals surface area contributed by atoms with Gasteiger partial charge >= 0.3 is 6.18 Å². The standard InChI is InChI=1S/C31H28F3N/c1-30(20-24-13-10-16-26(19-24)31(32,33)34)21-29(25-14-6-3-7-15-25)35(22-23-11-4-2-5-12-23)28-18-9-8-17-27(28)30/h2-19,29H,20-22H2,1H3/t29-,30+/m0/s1. The van der Waals surface area contributed by atoms with Crippen LogP contribution in [0.4, 0.5) is 18.9 Å². The number of para-hydroxylation sites is 1. The molecule has 5 rings (SSSR count). The average Bonchev–Trinajstić information content (AvgIpc) is 2.87. The van der Waals surface area contributed by atoms with E-state index in [4.69, 9.17) is 0 Å². The van der Waals surface area contributed by atoms with Crippen molar-refractivity contribution in [1.82, 2.24) is 0 Å². The molecule has 0 amide bonds. The quantitative estimate of drug-likeness (QED) is 0.283. The van der Waals surface area contributed by atoms with Crippen molar-refractivity contribution in [2.75, 3.05) is 4.90 Å². The lowest BCUT2D eigenvalue weighted by molar-refractivity contribution is -0.137. The molecule has 35 heavy (non-hydrogen) atoms. The number of hydrogen-bond donors (Lipinski definition) is 0. The van der Waals surface area contributed by atoms with Gasteiger partial charge in [0.05, 0.1) is 11.6 Å². The van der Waals surface area contributed by atoms with Crippen molar-refractivity contribution in [2.45, 2.75) is 43.9 Å². The fourth-order valence-corrected chi connectivity index (χ4v) is 5.47. The molecular weight excluding hydrogens is 443 g/mol. The molecule has 0 fully saturated rings. The van der Waals surface area contributed by atoms with Crippen LogP contribution in [0.5, 0.6) is 0 Å². The highest BCUT2D eigenvalue weighted by Gasteiger charge is 2.41. The average molecular weight is 472 g/mol. The minimum Gasteiger partial charge on any atom is -0.360 e. The van der Waals surface area contributed by atoms with Gasteiger partial charge in [0, 0.05) is 17.6 Å². The summed E-state index contributed by atoms with van der Waals surface area (Å²) in [4.78, 5) is 2.45. The molecule has 178 valence electrons. The van der Waals surface area contributed by atoms with Crippen LogP contribution in [-0.2, 0) is 24.6 Å². The lowest BCUT2D eigenvalue weighted by Crippen LogP contribution is -2.42. The fourth-order valence-electron chi connectivity index (χ4n) is 5.47. The predicted octanol–water partition coefficient (Wildman–Crippen LogP) is 8.36. The molecule has 1 aliphatic heterocycles. The highest BCUT2D eigenvalue weighted by Crippen LogP contribution is 2.50. The largest absolute Gasteiger partial charge is 0.416 e. The van der Waals surface area contributed by atoms with Crippen LogP contribution in [-0.4, -0.2) is 0 Å². The van der Waals surface area contributed by atoms with Crippen molar-refractivity contribution < 1.29 is 13.2 Å². The zero-order valence-electron chi connectivity index (χ0n) is 19.7. The molecule has 0 aromatic heterocycles. The lowest BCUT2D eigenvalue weighted by atomic mass is 9.68. The first-order chi connectivity index (χ1) is 16.8. The lowest BCUT2D eigenvalue weighted by Gasteiger charge is -2.48. The highest BCUT2D eigenvalue weighted by atomic mass is 19.4. The van der Waals surface area contributed by atoms with Crippen molar-refractivity contribution in [3.63, 3.8) is 0 Å². The van der Waals surface area contributed by atoms with Crippen LogP contribution in [0.15, 0.2) is 109 Å². The molecule has 0 radical (unpaired) electrons. The molecule has 4 aromatic carbocycles. The Bertz CT molecular complexity index is 1280. The van der Waals surface area contributed by atoms with E-state index in [2.05, 4.69) is 78.6 Å². The number of halogens is 3. The van der Waals surface area contributed by atoms with Gasteiger partial charge in [0.25, 0.3) is 0 Å². The summed E-state index contributed by atoms with van der Waals surface area (Å²) >= 11 is 0. The van der Waals surface area contributed by atoms with Crippen molar-refractivity contribution >= 4 is 5.69 Å². The van der Waals surface area contributed by atoms with E-state index in [0.29, 0.717) is 12.0 Å². The summed E-state index contributed by atoms with van der Waals surface area (Å²) in [5, 5.41) is 0. The van der Waals surface area contributed by atoms with Gasteiger partial charge in [-0.05, 0) is 47.2 Å². The smallest absolute Gasteiger partial charge is 0.360 e. The number of hydrogen-bond acceptors (Lipinski definition) is 1. The number of anilines is 1. The van der Waals surface area contributed by atoms with E-state index in [1.54, 1.807) is 0 Å². The number of rotatable bonds is 5. The van der Waals surface area contributed by atoms with Gasteiger partial charge in [0.2, 0.25) is 0 Å². The molecule has 0 saturated heterocycles. The second-order valence-electron chi connectivity index (χ2n) is 9.70. The molecule has 0 bridgehead atoms. The predicted molar refractivity (Wildman–Crippen MR) is 135 cm³/mol. The van der Waals surface area contributed by atoms with Crippen LogP contribution in [0.2, 0.25) is 0 Å². The third-order valence-corrected chi connectivity index (χ3v) is 7.11. The van der Waals surface area contributed by atoms with Crippen LogP contribution in [0.3, 0.4) is 0 Å². The highest BCUT2D eigenvalue weighted by molar-refractivity contribution is 5.62. The fraction of sp³-hybridized carbons (Fsp3) is 0.226. The summed E-state index contributed by atoms with van der Waals surface area (Å²) in [6.45, 7) is 2.96. The summed E-state index contributed by atoms with van der Waals surface area (Å²) in [5.41, 5.74) is 4.56. The Balaban J connectivity index is 1.59. The summed E-state index contributed by atoms with van der Waals surface area (Å²) in [5.74, 6) is 0. The van der Waals surface area contributed by atoms with E-state index in [9.17, 15) is 13.2 Å². The molecule has 2 atom stereocenters. The van der Waals surface area contributed by atoms with Crippen molar-refractivity contribution in [2.24, 2.45) is 0 Å². The molecule has 0 spiro atoms. The molecular formula is C31H28F3N. The first-order valence-electron chi connectivity index (χ1n) is 11.9. The molecule has 0 saturated carbocycles. The Morgan fingerprint density at radius 3 is 2.11 bits per heavy atom. The van der Waals surface area contributed by atoms with Gasteiger partial charge in [-0.15, -0.1) is 0 Å². The molecule has 1 nitrogen and oxygen atoms in total. The Hall–Kier alpha value is -3.53. The molecule has 4 aromatic rings. The zero-order chi connectivity index (χ0) is 24.5. The zero-order valence-corrected chi connectivity index (χ0v) is 19.7. The Morgan fingerprint density at radius 2 is 1.40 bits per heavy atom. The van der Waals surface area contributed by atoms with E-state index in [-0.39, 0.29) is 11.5 Å². The maximum atomic E-state index is 13.4. The Kier molecular flexibility index (Phi) is 6.14. The molecule has 0 aliphatic carbocycles. The minimum absolute atomic E-state index is 0.0992. The van der Waals surface area contributed by atoms with Gasteiger partial charge in [-0.2, -0.15) is 13.2 Å². The summed E-state index contributed by atoms with van der Waals surface area (Å²) in [6, 6.07) is 35.1. The number of benzene rings is 4. The normalized spacial score (nSPS) is 19.9.